The SMILES string of the molecule is COc1cc(CC(C)C)nc(-c2nc(-c3cc(C)c(OC[C@H](O)CNC(=O)CO)c(C)c3)no2)c1. The molecule has 0 aliphatic heterocycles. The average Bonchev–Trinajstić information content (AvgIpc) is 3.31. The summed E-state index contributed by atoms with van der Waals surface area (Å²) < 4.78 is 16.7. The fourth-order valence-corrected chi connectivity index (χ4v) is 3.59. The number of rotatable bonds is 11. The number of hydrogen-bond acceptors (Lipinski definition) is 9. The van der Waals surface area contributed by atoms with Crippen LogP contribution in [0.5, 0.6) is 11.5 Å². The van der Waals surface area contributed by atoms with Gasteiger partial charge in [0.1, 0.15) is 36.5 Å². The molecule has 0 radical (unpaired) electrons. The van der Waals surface area contributed by atoms with E-state index < -0.39 is 18.6 Å². The minimum atomic E-state index is -0.917. The van der Waals surface area contributed by atoms with E-state index in [1.807, 2.05) is 32.0 Å². The molecule has 10 heteroatoms. The Hall–Kier alpha value is -3.50. The average molecular weight is 485 g/mol. The molecule has 10 nitrogen and oxygen atoms in total. The van der Waals surface area contributed by atoms with E-state index in [0.717, 1.165) is 28.8 Å². The highest BCUT2D eigenvalue weighted by atomic mass is 16.5. The molecule has 1 amide bonds. The van der Waals surface area contributed by atoms with Crippen molar-refractivity contribution in [3.8, 4) is 34.5 Å². The van der Waals surface area contributed by atoms with Crippen LogP contribution in [0.3, 0.4) is 0 Å². The van der Waals surface area contributed by atoms with E-state index in [1.165, 1.54) is 0 Å². The normalized spacial score (nSPS) is 12.0. The maximum Gasteiger partial charge on any atom is 0.276 e. The number of aliphatic hydroxyl groups excluding tert-OH is 2. The van der Waals surface area contributed by atoms with Gasteiger partial charge in [0, 0.05) is 29.9 Å². The number of hydrogen-bond donors (Lipinski definition) is 3. The van der Waals surface area contributed by atoms with Gasteiger partial charge >= 0.3 is 0 Å². The van der Waals surface area contributed by atoms with Crippen molar-refractivity contribution in [3.05, 3.63) is 41.1 Å². The second kappa shape index (κ2) is 11.8. The summed E-state index contributed by atoms with van der Waals surface area (Å²) in [5.74, 6) is 1.90. The largest absolute Gasteiger partial charge is 0.497 e. The molecule has 0 aliphatic rings. The van der Waals surface area contributed by atoms with Crippen molar-refractivity contribution in [3.63, 3.8) is 0 Å². The molecule has 0 saturated carbocycles. The van der Waals surface area contributed by atoms with Crippen LogP contribution in [0.25, 0.3) is 23.0 Å². The van der Waals surface area contributed by atoms with E-state index in [1.54, 1.807) is 13.2 Å². The van der Waals surface area contributed by atoms with Crippen molar-refractivity contribution >= 4 is 5.91 Å². The molecule has 3 N–H and O–H groups in total. The molecule has 2 heterocycles. The lowest BCUT2D eigenvalue weighted by atomic mass is 10.1. The summed E-state index contributed by atoms with van der Waals surface area (Å²) in [5.41, 5.74) is 3.85. The van der Waals surface area contributed by atoms with Crippen molar-refractivity contribution in [2.24, 2.45) is 5.92 Å². The maximum absolute atomic E-state index is 11.1. The molecule has 2 aromatic heterocycles. The smallest absolute Gasteiger partial charge is 0.276 e. The fourth-order valence-electron chi connectivity index (χ4n) is 3.59. The highest BCUT2D eigenvalue weighted by Crippen LogP contribution is 2.31. The number of nitrogens with one attached hydrogen (secondary N) is 1. The number of carbonyl (C=O) groups is 1. The molecule has 0 bridgehead atoms. The summed E-state index contributed by atoms with van der Waals surface area (Å²) >= 11 is 0. The zero-order valence-corrected chi connectivity index (χ0v) is 20.7. The summed E-state index contributed by atoms with van der Waals surface area (Å²) in [6.07, 6.45) is -0.118. The maximum atomic E-state index is 11.1. The van der Waals surface area contributed by atoms with Crippen LogP contribution in [0, 0.1) is 19.8 Å². The summed E-state index contributed by atoms with van der Waals surface area (Å²) in [6.45, 7) is 7.36. The zero-order chi connectivity index (χ0) is 25.5. The van der Waals surface area contributed by atoms with Crippen molar-refractivity contribution in [2.75, 3.05) is 26.9 Å². The number of aryl methyl sites for hydroxylation is 2. The van der Waals surface area contributed by atoms with E-state index in [4.69, 9.17) is 19.1 Å². The lowest BCUT2D eigenvalue weighted by molar-refractivity contribution is -0.124. The van der Waals surface area contributed by atoms with Gasteiger partial charge in [0.25, 0.3) is 5.89 Å². The number of aromatic nitrogens is 3. The van der Waals surface area contributed by atoms with Gasteiger partial charge in [0.05, 0.1) is 7.11 Å². The van der Waals surface area contributed by atoms with Gasteiger partial charge in [-0.25, -0.2) is 4.98 Å². The third-order valence-corrected chi connectivity index (χ3v) is 5.17. The molecule has 0 unspecified atom stereocenters. The van der Waals surface area contributed by atoms with E-state index in [-0.39, 0.29) is 13.2 Å². The fraction of sp³-hybridized carbons (Fsp3) is 0.440. The number of amides is 1. The molecule has 0 fully saturated rings. The lowest BCUT2D eigenvalue weighted by Crippen LogP contribution is -2.36. The highest BCUT2D eigenvalue weighted by Gasteiger charge is 2.17. The summed E-state index contributed by atoms with van der Waals surface area (Å²) in [6, 6.07) is 7.42. The van der Waals surface area contributed by atoms with Crippen LogP contribution in [-0.4, -0.2) is 64.2 Å². The molecule has 3 aromatic rings. The van der Waals surface area contributed by atoms with Crippen molar-refractivity contribution < 1.29 is 29.0 Å². The molecule has 0 saturated heterocycles. The Bertz CT molecular complexity index is 1140. The second-order valence-corrected chi connectivity index (χ2v) is 8.77. The van der Waals surface area contributed by atoms with Crippen LogP contribution in [-0.2, 0) is 11.2 Å². The molecule has 1 aromatic carbocycles. The second-order valence-electron chi connectivity index (χ2n) is 8.77. The topological polar surface area (TPSA) is 140 Å². The molecule has 0 aliphatic carbocycles. The highest BCUT2D eigenvalue weighted by molar-refractivity contribution is 5.76. The van der Waals surface area contributed by atoms with Gasteiger partial charge in [0.2, 0.25) is 11.7 Å². The third kappa shape index (κ3) is 7.00. The van der Waals surface area contributed by atoms with E-state index in [2.05, 4.69) is 34.3 Å². The first-order valence-corrected chi connectivity index (χ1v) is 11.4. The Labute approximate surface area is 204 Å². The van der Waals surface area contributed by atoms with Gasteiger partial charge in [-0.05, 0) is 49.4 Å². The summed E-state index contributed by atoms with van der Waals surface area (Å²) in [5, 5.41) is 25.3. The molecular formula is C25H32N4O6. The monoisotopic (exact) mass is 484 g/mol. The van der Waals surface area contributed by atoms with Gasteiger partial charge in [0.15, 0.2) is 0 Å². The first-order valence-electron chi connectivity index (χ1n) is 11.4. The third-order valence-electron chi connectivity index (χ3n) is 5.17. The Morgan fingerprint density at radius 3 is 2.49 bits per heavy atom. The first kappa shape index (κ1) is 26.1. The standard InChI is InChI=1S/C25H32N4O6/c1-14(2)6-18-9-20(33-5)10-21(27-18)25-28-24(29-35-25)17-7-15(3)23(16(4)8-17)34-13-19(31)11-26-22(32)12-30/h7-10,14,19,30-31H,6,11-13H2,1-5H3,(H,26,32)/t19-/m1/s1. The van der Waals surface area contributed by atoms with Crippen LogP contribution in [0.15, 0.2) is 28.8 Å². The lowest BCUT2D eigenvalue weighted by Gasteiger charge is -2.16. The van der Waals surface area contributed by atoms with Crippen LogP contribution in [0.2, 0.25) is 0 Å². The minimum absolute atomic E-state index is 0.0146. The number of ether oxygens (including phenoxy) is 2. The van der Waals surface area contributed by atoms with Crippen LogP contribution in [0.1, 0.15) is 30.7 Å². The van der Waals surface area contributed by atoms with Crippen LogP contribution >= 0.6 is 0 Å². The van der Waals surface area contributed by atoms with E-state index in [9.17, 15) is 9.90 Å². The Morgan fingerprint density at radius 2 is 1.86 bits per heavy atom. The molecule has 3 rings (SSSR count). The number of benzene rings is 1. The number of carbonyl (C=O) groups excluding carboxylic acids is 1. The quantitative estimate of drug-likeness (QED) is 0.374. The van der Waals surface area contributed by atoms with Gasteiger partial charge in [-0.1, -0.05) is 19.0 Å². The summed E-state index contributed by atoms with van der Waals surface area (Å²) in [7, 11) is 1.61. The first-order chi connectivity index (χ1) is 16.7. The van der Waals surface area contributed by atoms with Crippen molar-refractivity contribution in [1.29, 1.82) is 0 Å². The van der Waals surface area contributed by atoms with Crippen LogP contribution in [0.4, 0.5) is 0 Å². The molecular weight excluding hydrogens is 452 g/mol. The van der Waals surface area contributed by atoms with Gasteiger partial charge in [-0.15, -0.1) is 0 Å². The van der Waals surface area contributed by atoms with E-state index in [0.29, 0.717) is 34.8 Å². The number of aliphatic hydroxyl groups is 2. The predicted octanol–water partition coefficient (Wildman–Crippen LogP) is 2.47. The Kier molecular flexibility index (Phi) is 8.78. The zero-order valence-electron chi connectivity index (χ0n) is 20.7. The predicted molar refractivity (Wildman–Crippen MR) is 129 cm³/mol. The molecule has 35 heavy (non-hydrogen) atoms. The summed E-state index contributed by atoms with van der Waals surface area (Å²) in [4.78, 5) is 20.3. The van der Waals surface area contributed by atoms with Gasteiger partial charge in [-0.2, -0.15) is 4.98 Å². The Balaban J connectivity index is 1.77. The Morgan fingerprint density at radius 1 is 1.14 bits per heavy atom. The van der Waals surface area contributed by atoms with Crippen molar-refractivity contribution in [2.45, 2.75) is 40.2 Å². The van der Waals surface area contributed by atoms with Crippen LogP contribution < -0.4 is 14.8 Å². The van der Waals surface area contributed by atoms with Crippen molar-refractivity contribution in [1.82, 2.24) is 20.4 Å². The van der Waals surface area contributed by atoms with E-state index >= 15 is 0 Å². The molecule has 188 valence electrons. The molecule has 0 spiro atoms. The number of nitrogens with zero attached hydrogens (tertiary/aromatic N) is 3. The van der Waals surface area contributed by atoms with Gasteiger partial charge in [-0.3, -0.25) is 4.79 Å². The number of pyridine rings is 1. The van der Waals surface area contributed by atoms with Gasteiger partial charge < -0.3 is 29.5 Å². The minimum Gasteiger partial charge on any atom is -0.497 e. The molecule has 1 atom stereocenters. The number of methoxy groups -OCH3 is 1.